The van der Waals surface area contributed by atoms with Gasteiger partial charge in [0.05, 0.1) is 58.1 Å². The van der Waals surface area contributed by atoms with E-state index in [0.717, 1.165) is 5.69 Å². The van der Waals surface area contributed by atoms with Crippen LogP contribution in [0.4, 0.5) is 0 Å². The molecule has 0 aromatic carbocycles. The maximum absolute atomic E-state index is 8.87. The second-order valence-corrected chi connectivity index (χ2v) is 4.05. The van der Waals surface area contributed by atoms with Crippen LogP contribution < -0.4 is 5.73 Å². The van der Waals surface area contributed by atoms with Crippen LogP contribution in [-0.2, 0) is 27.2 Å². The highest BCUT2D eigenvalue weighted by molar-refractivity contribution is 4.93. The number of ether oxygens (including phenoxy) is 3. The predicted molar refractivity (Wildman–Crippen MR) is 72.3 cm³/mol. The van der Waals surface area contributed by atoms with Crippen LogP contribution in [0.5, 0.6) is 0 Å². The Morgan fingerprint density at radius 1 is 1.05 bits per heavy atom. The Morgan fingerprint density at radius 3 is 2.35 bits per heavy atom. The van der Waals surface area contributed by atoms with E-state index in [1.807, 2.05) is 0 Å². The summed E-state index contributed by atoms with van der Waals surface area (Å²) >= 11 is 0. The number of nitrogens with zero attached hydrogens (tertiary/aromatic N) is 3. The molecule has 8 nitrogen and oxygen atoms in total. The fourth-order valence-electron chi connectivity index (χ4n) is 1.55. The molecule has 0 aliphatic heterocycles. The fourth-order valence-corrected chi connectivity index (χ4v) is 1.55. The zero-order valence-electron chi connectivity index (χ0n) is 11.7. The van der Waals surface area contributed by atoms with Gasteiger partial charge in [-0.2, -0.15) is 0 Å². The van der Waals surface area contributed by atoms with Crippen molar-refractivity contribution in [1.29, 1.82) is 0 Å². The van der Waals surface area contributed by atoms with Crippen molar-refractivity contribution < 1.29 is 19.3 Å². The Kier molecular flexibility index (Phi) is 9.98. The van der Waals surface area contributed by atoms with Crippen LogP contribution >= 0.6 is 0 Å². The molecule has 1 heterocycles. The summed E-state index contributed by atoms with van der Waals surface area (Å²) in [6, 6.07) is 0. The number of nitrogens with two attached hydrogens (primary N) is 1. The molecule has 0 unspecified atom stereocenters. The number of rotatable bonds is 13. The summed E-state index contributed by atoms with van der Waals surface area (Å²) < 4.78 is 17.7. The lowest BCUT2D eigenvalue weighted by Gasteiger charge is -2.07. The minimum Gasteiger partial charge on any atom is -0.396 e. The van der Waals surface area contributed by atoms with Crippen molar-refractivity contribution in [2.24, 2.45) is 5.73 Å². The van der Waals surface area contributed by atoms with E-state index >= 15 is 0 Å². The SMILES string of the molecule is NCCOCCOCCOCCn1nncc1CCO. The molecule has 1 rings (SSSR count). The third kappa shape index (κ3) is 7.51. The first-order chi connectivity index (χ1) is 9.88. The van der Waals surface area contributed by atoms with Crippen LogP contribution in [0.1, 0.15) is 5.69 Å². The number of aliphatic hydroxyl groups excluding tert-OH is 1. The van der Waals surface area contributed by atoms with E-state index in [1.165, 1.54) is 0 Å². The Balaban J connectivity index is 1.93. The van der Waals surface area contributed by atoms with E-state index in [0.29, 0.717) is 59.2 Å². The summed E-state index contributed by atoms with van der Waals surface area (Å²) in [6.07, 6.45) is 2.21. The van der Waals surface area contributed by atoms with E-state index in [2.05, 4.69) is 10.3 Å². The molecule has 1 aromatic rings. The lowest BCUT2D eigenvalue weighted by atomic mass is 10.3. The molecule has 0 saturated heterocycles. The van der Waals surface area contributed by atoms with Gasteiger partial charge in [0.25, 0.3) is 0 Å². The summed E-state index contributed by atoms with van der Waals surface area (Å²) in [7, 11) is 0. The molecular formula is C12H24N4O4. The molecule has 0 saturated carbocycles. The summed E-state index contributed by atoms with van der Waals surface area (Å²) in [5, 5.41) is 16.6. The topological polar surface area (TPSA) is 105 Å². The quantitative estimate of drug-likeness (QED) is 0.440. The van der Waals surface area contributed by atoms with Crippen molar-refractivity contribution in [3.8, 4) is 0 Å². The van der Waals surface area contributed by atoms with E-state index in [1.54, 1.807) is 10.9 Å². The lowest BCUT2D eigenvalue weighted by Crippen LogP contribution is -2.15. The molecular weight excluding hydrogens is 264 g/mol. The fraction of sp³-hybridized carbons (Fsp3) is 0.833. The van der Waals surface area contributed by atoms with Gasteiger partial charge in [-0.05, 0) is 0 Å². The van der Waals surface area contributed by atoms with Crippen molar-refractivity contribution in [1.82, 2.24) is 15.0 Å². The van der Waals surface area contributed by atoms with Gasteiger partial charge in [-0.1, -0.05) is 5.21 Å². The van der Waals surface area contributed by atoms with Crippen LogP contribution in [0.15, 0.2) is 6.20 Å². The van der Waals surface area contributed by atoms with Gasteiger partial charge < -0.3 is 25.1 Å². The number of hydrogen-bond acceptors (Lipinski definition) is 7. The Hall–Kier alpha value is -1.06. The molecule has 0 spiro atoms. The summed E-state index contributed by atoms with van der Waals surface area (Å²) in [5.74, 6) is 0. The minimum absolute atomic E-state index is 0.0916. The van der Waals surface area contributed by atoms with Crippen molar-refractivity contribution in [2.75, 3.05) is 52.8 Å². The minimum atomic E-state index is 0.0916. The van der Waals surface area contributed by atoms with E-state index < -0.39 is 0 Å². The van der Waals surface area contributed by atoms with Gasteiger partial charge >= 0.3 is 0 Å². The average Bonchev–Trinajstić information content (AvgIpc) is 2.89. The molecule has 3 N–H and O–H groups in total. The van der Waals surface area contributed by atoms with E-state index in [-0.39, 0.29) is 6.61 Å². The predicted octanol–water partition coefficient (Wildman–Crippen LogP) is -1.18. The van der Waals surface area contributed by atoms with Gasteiger partial charge in [0.1, 0.15) is 0 Å². The third-order valence-corrected chi connectivity index (χ3v) is 2.52. The zero-order valence-corrected chi connectivity index (χ0v) is 11.7. The van der Waals surface area contributed by atoms with Gasteiger partial charge in [-0.25, -0.2) is 4.68 Å². The Bertz CT molecular complexity index is 335. The van der Waals surface area contributed by atoms with Crippen LogP contribution in [0.2, 0.25) is 0 Å². The summed E-state index contributed by atoms with van der Waals surface area (Å²) in [4.78, 5) is 0. The molecule has 0 fully saturated rings. The number of aliphatic hydroxyl groups is 1. The van der Waals surface area contributed by atoms with E-state index in [4.69, 9.17) is 25.1 Å². The van der Waals surface area contributed by atoms with Crippen molar-refractivity contribution in [3.05, 3.63) is 11.9 Å². The van der Waals surface area contributed by atoms with Crippen molar-refractivity contribution in [2.45, 2.75) is 13.0 Å². The standard InChI is InChI=1S/C12H24N4O4/c13-2-5-18-7-9-20-10-8-19-6-3-16-12(1-4-17)11-14-15-16/h11,17H,1-10,13H2. The van der Waals surface area contributed by atoms with Crippen molar-refractivity contribution >= 4 is 0 Å². The Morgan fingerprint density at radius 2 is 1.70 bits per heavy atom. The first kappa shape index (κ1) is 17.0. The van der Waals surface area contributed by atoms with Gasteiger partial charge in [0, 0.05) is 19.6 Å². The molecule has 0 bridgehead atoms. The molecule has 8 heteroatoms. The third-order valence-electron chi connectivity index (χ3n) is 2.52. The lowest BCUT2D eigenvalue weighted by molar-refractivity contribution is 0.0140. The van der Waals surface area contributed by atoms with E-state index in [9.17, 15) is 0 Å². The zero-order chi connectivity index (χ0) is 14.5. The van der Waals surface area contributed by atoms with Crippen LogP contribution in [0.25, 0.3) is 0 Å². The number of hydrogen-bond donors (Lipinski definition) is 2. The molecule has 0 amide bonds. The molecule has 0 aliphatic carbocycles. The summed E-state index contributed by atoms with van der Waals surface area (Å²) in [5.41, 5.74) is 6.19. The van der Waals surface area contributed by atoms with Gasteiger partial charge in [-0.15, -0.1) is 5.10 Å². The highest BCUT2D eigenvalue weighted by Gasteiger charge is 2.02. The number of aromatic nitrogens is 3. The maximum Gasteiger partial charge on any atom is 0.0726 e. The second kappa shape index (κ2) is 11.7. The highest BCUT2D eigenvalue weighted by Crippen LogP contribution is 1.97. The molecule has 116 valence electrons. The molecule has 20 heavy (non-hydrogen) atoms. The van der Waals surface area contributed by atoms with Crippen molar-refractivity contribution in [3.63, 3.8) is 0 Å². The molecule has 0 radical (unpaired) electrons. The highest BCUT2D eigenvalue weighted by atomic mass is 16.5. The smallest absolute Gasteiger partial charge is 0.0726 e. The largest absolute Gasteiger partial charge is 0.396 e. The van der Waals surface area contributed by atoms with Gasteiger partial charge in [0.15, 0.2) is 0 Å². The summed E-state index contributed by atoms with van der Waals surface area (Å²) in [6.45, 7) is 4.51. The monoisotopic (exact) mass is 288 g/mol. The van der Waals surface area contributed by atoms with Crippen LogP contribution in [0.3, 0.4) is 0 Å². The normalized spacial score (nSPS) is 11.1. The molecule has 1 aromatic heterocycles. The molecule has 0 atom stereocenters. The van der Waals surface area contributed by atoms with Crippen LogP contribution in [-0.4, -0.2) is 72.9 Å². The first-order valence-electron chi connectivity index (χ1n) is 6.80. The molecule has 0 aliphatic rings. The maximum atomic E-state index is 8.87. The first-order valence-corrected chi connectivity index (χ1v) is 6.80. The van der Waals surface area contributed by atoms with Gasteiger partial charge in [0.2, 0.25) is 0 Å². The average molecular weight is 288 g/mol. The Labute approximate surface area is 118 Å². The second-order valence-electron chi connectivity index (χ2n) is 4.05. The van der Waals surface area contributed by atoms with Gasteiger partial charge in [-0.3, -0.25) is 0 Å². The van der Waals surface area contributed by atoms with Crippen LogP contribution in [0, 0.1) is 0 Å².